The van der Waals surface area contributed by atoms with Crippen LogP contribution in [0.15, 0.2) is 41.6 Å². The second-order valence-corrected chi connectivity index (χ2v) is 6.25. The van der Waals surface area contributed by atoms with Gasteiger partial charge in [0.25, 0.3) is 5.91 Å². The average molecular weight is 369 g/mol. The fraction of sp³-hybridized carbons (Fsp3) is 0.211. The first kappa shape index (κ1) is 17.0. The van der Waals surface area contributed by atoms with Gasteiger partial charge in [0.15, 0.2) is 17.3 Å². The number of nitrogens with one attached hydrogen (secondary N) is 1. The Hall–Kier alpha value is -3.42. The number of methoxy groups -OCH3 is 1. The molecular weight excluding hydrogens is 353 g/mol. The van der Waals surface area contributed by atoms with E-state index in [4.69, 9.17) is 9.47 Å². The lowest BCUT2D eigenvalue weighted by molar-refractivity contribution is 0.102. The summed E-state index contributed by atoms with van der Waals surface area (Å²) >= 11 is 0. The summed E-state index contributed by atoms with van der Waals surface area (Å²) in [4.78, 5) is 29.5. The summed E-state index contributed by atoms with van der Waals surface area (Å²) in [6.07, 6.45) is 4.54. The van der Waals surface area contributed by atoms with Gasteiger partial charge in [0.1, 0.15) is 12.2 Å². The molecular formula is C19H16FN3O4. The van der Waals surface area contributed by atoms with Crippen LogP contribution in [-0.4, -0.2) is 29.2 Å². The van der Waals surface area contributed by atoms with E-state index in [-0.39, 0.29) is 35.1 Å². The van der Waals surface area contributed by atoms with E-state index in [1.165, 1.54) is 25.7 Å². The molecule has 1 aliphatic heterocycles. The van der Waals surface area contributed by atoms with Crippen LogP contribution in [0.1, 0.15) is 23.3 Å². The van der Waals surface area contributed by atoms with Crippen molar-refractivity contribution in [3.05, 3.63) is 58.4 Å². The summed E-state index contributed by atoms with van der Waals surface area (Å²) in [7, 11) is 1.33. The molecule has 138 valence electrons. The van der Waals surface area contributed by atoms with E-state index in [1.807, 2.05) is 6.92 Å². The summed E-state index contributed by atoms with van der Waals surface area (Å²) in [6.45, 7) is 2.14. The first-order valence-electron chi connectivity index (χ1n) is 8.30. The van der Waals surface area contributed by atoms with E-state index in [1.54, 1.807) is 16.7 Å². The number of hydrogen-bond acceptors (Lipinski definition) is 5. The summed E-state index contributed by atoms with van der Waals surface area (Å²) in [6, 6.07) is 4.16. The largest absolute Gasteiger partial charge is 0.490 e. The number of pyridine rings is 2. The molecule has 1 aromatic carbocycles. The Morgan fingerprint density at radius 1 is 1.41 bits per heavy atom. The van der Waals surface area contributed by atoms with Gasteiger partial charge in [0, 0.05) is 24.3 Å². The number of aromatic nitrogens is 2. The lowest BCUT2D eigenvalue weighted by atomic mass is 10.1. The number of rotatable bonds is 3. The molecule has 27 heavy (non-hydrogen) atoms. The number of hydrogen-bond donors (Lipinski definition) is 1. The molecule has 2 aromatic heterocycles. The fourth-order valence-electron chi connectivity index (χ4n) is 3.19. The number of carbonyl (C=O) groups is 1. The van der Waals surface area contributed by atoms with Crippen molar-refractivity contribution >= 4 is 22.5 Å². The number of amides is 1. The normalized spacial score (nSPS) is 15.3. The second-order valence-electron chi connectivity index (χ2n) is 6.25. The van der Waals surface area contributed by atoms with Crippen LogP contribution in [0.5, 0.6) is 11.5 Å². The highest BCUT2D eigenvalue weighted by molar-refractivity contribution is 6.06. The van der Waals surface area contributed by atoms with Crippen molar-refractivity contribution in [2.45, 2.75) is 13.0 Å². The smallest absolute Gasteiger partial charge is 0.261 e. The van der Waals surface area contributed by atoms with E-state index < -0.39 is 17.2 Å². The van der Waals surface area contributed by atoms with Crippen molar-refractivity contribution in [1.82, 2.24) is 9.55 Å². The van der Waals surface area contributed by atoms with Crippen molar-refractivity contribution in [1.29, 1.82) is 0 Å². The Kier molecular flexibility index (Phi) is 4.02. The molecule has 0 aliphatic carbocycles. The summed E-state index contributed by atoms with van der Waals surface area (Å²) in [5, 5.41) is 2.72. The van der Waals surface area contributed by atoms with E-state index >= 15 is 0 Å². The van der Waals surface area contributed by atoms with Gasteiger partial charge in [0.2, 0.25) is 5.43 Å². The minimum atomic E-state index is -0.718. The Morgan fingerprint density at radius 2 is 2.15 bits per heavy atom. The van der Waals surface area contributed by atoms with Gasteiger partial charge in [-0.2, -0.15) is 0 Å². The zero-order valence-corrected chi connectivity index (χ0v) is 14.7. The predicted molar refractivity (Wildman–Crippen MR) is 97.1 cm³/mol. The summed E-state index contributed by atoms with van der Waals surface area (Å²) in [5.74, 6) is -1.18. The van der Waals surface area contributed by atoms with E-state index in [0.717, 1.165) is 6.07 Å². The van der Waals surface area contributed by atoms with Gasteiger partial charge in [-0.05, 0) is 25.1 Å². The van der Waals surface area contributed by atoms with E-state index in [2.05, 4.69) is 10.3 Å². The van der Waals surface area contributed by atoms with Gasteiger partial charge in [-0.3, -0.25) is 14.6 Å². The fourth-order valence-corrected chi connectivity index (χ4v) is 3.19. The third kappa shape index (κ3) is 2.69. The molecule has 0 spiro atoms. The average Bonchev–Trinajstić information content (AvgIpc) is 2.66. The highest BCUT2D eigenvalue weighted by atomic mass is 19.1. The monoisotopic (exact) mass is 369 g/mol. The van der Waals surface area contributed by atoms with Crippen LogP contribution in [0.3, 0.4) is 0 Å². The molecule has 3 aromatic rings. The van der Waals surface area contributed by atoms with Crippen LogP contribution in [0.4, 0.5) is 10.1 Å². The zero-order chi connectivity index (χ0) is 19.1. The van der Waals surface area contributed by atoms with Crippen LogP contribution >= 0.6 is 0 Å². The van der Waals surface area contributed by atoms with Gasteiger partial charge >= 0.3 is 0 Å². The molecule has 0 radical (unpaired) electrons. The number of anilines is 1. The Morgan fingerprint density at radius 3 is 2.85 bits per heavy atom. The quantitative estimate of drug-likeness (QED) is 0.768. The van der Waals surface area contributed by atoms with Crippen LogP contribution in [0, 0.1) is 5.82 Å². The van der Waals surface area contributed by atoms with Crippen LogP contribution < -0.4 is 20.2 Å². The molecule has 4 rings (SSSR count). The molecule has 7 nitrogen and oxygen atoms in total. The lowest BCUT2D eigenvalue weighted by Gasteiger charge is -2.28. The zero-order valence-electron chi connectivity index (χ0n) is 14.7. The van der Waals surface area contributed by atoms with Gasteiger partial charge in [-0.25, -0.2) is 4.39 Å². The number of halogens is 1. The topological polar surface area (TPSA) is 82.5 Å². The van der Waals surface area contributed by atoms with Crippen molar-refractivity contribution in [3.8, 4) is 11.5 Å². The maximum atomic E-state index is 14.4. The Labute approximate surface area is 153 Å². The number of ether oxygens (including phenoxy) is 2. The molecule has 0 fully saturated rings. The van der Waals surface area contributed by atoms with E-state index in [9.17, 15) is 14.0 Å². The Balaban J connectivity index is 1.93. The molecule has 0 saturated carbocycles. The predicted octanol–water partition coefficient (Wildman–Crippen LogP) is 2.75. The third-order valence-corrected chi connectivity index (χ3v) is 4.51. The third-order valence-electron chi connectivity index (χ3n) is 4.51. The summed E-state index contributed by atoms with van der Waals surface area (Å²) in [5.41, 5.74) is 0.264. The first-order chi connectivity index (χ1) is 13.0. The molecule has 0 bridgehead atoms. The molecule has 8 heteroatoms. The molecule has 0 saturated heterocycles. The second kappa shape index (κ2) is 6.39. The molecule has 1 atom stereocenters. The van der Waals surface area contributed by atoms with Crippen LogP contribution in [0.25, 0.3) is 10.9 Å². The molecule has 1 aliphatic rings. The van der Waals surface area contributed by atoms with Gasteiger partial charge in [-0.15, -0.1) is 0 Å². The minimum absolute atomic E-state index is 0.0588. The van der Waals surface area contributed by atoms with Crippen molar-refractivity contribution < 1.29 is 18.7 Å². The SMILES string of the molecule is COc1c(F)cc2c(=O)c(C(=O)Nc3ccncc3)cn3c2c1OC[C@@H]3C. The van der Waals surface area contributed by atoms with E-state index in [0.29, 0.717) is 11.2 Å². The molecule has 1 amide bonds. The van der Waals surface area contributed by atoms with Crippen LogP contribution in [-0.2, 0) is 0 Å². The van der Waals surface area contributed by atoms with Gasteiger partial charge < -0.3 is 19.4 Å². The number of benzene rings is 1. The van der Waals surface area contributed by atoms with Crippen molar-refractivity contribution in [2.24, 2.45) is 0 Å². The van der Waals surface area contributed by atoms with Gasteiger partial charge in [0.05, 0.1) is 24.1 Å². The Bertz CT molecular complexity index is 1110. The highest BCUT2D eigenvalue weighted by Crippen LogP contribution is 2.41. The van der Waals surface area contributed by atoms with Crippen molar-refractivity contribution in [2.75, 3.05) is 19.0 Å². The van der Waals surface area contributed by atoms with Crippen LogP contribution in [0.2, 0.25) is 0 Å². The standard InChI is InChI=1S/C19H16FN3O4/c1-10-9-27-18-15-12(7-14(20)17(18)26-2)16(24)13(8-23(10)15)19(25)22-11-3-5-21-6-4-11/h3-8,10H,9H2,1-2H3,(H,21,22,25)/t10-/m0/s1. The maximum Gasteiger partial charge on any atom is 0.261 e. The molecule has 1 N–H and O–H groups in total. The summed E-state index contributed by atoms with van der Waals surface area (Å²) < 4.78 is 26.9. The number of carbonyl (C=O) groups excluding carboxylic acids is 1. The lowest BCUT2D eigenvalue weighted by Crippen LogP contribution is -2.28. The first-order valence-corrected chi connectivity index (χ1v) is 8.30. The van der Waals surface area contributed by atoms with Gasteiger partial charge in [-0.1, -0.05) is 0 Å². The van der Waals surface area contributed by atoms with Crippen molar-refractivity contribution in [3.63, 3.8) is 0 Å². The highest BCUT2D eigenvalue weighted by Gasteiger charge is 2.28. The maximum absolute atomic E-state index is 14.4. The molecule has 3 heterocycles. The molecule has 0 unspecified atom stereocenters. The minimum Gasteiger partial charge on any atom is -0.490 e. The number of nitrogens with zero attached hydrogens (tertiary/aromatic N) is 2.